The van der Waals surface area contributed by atoms with Crippen LogP contribution in [0.25, 0.3) is 6.08 Å². The molecule has 1 spiro atoms. The Labute approximate surface area is 182 Å². The number of piperidine rings is 1. The number of likely N-dealkylation sites (tertiary alicyclic amines) is 1. The number of fused-ring (bicyclic) bond motifs is 1. The molecule has 0 atom stereocenters. The van der Waals surface area contributed by atoms with Gasteiger partial charge in [-0.3, -0.25) is 9.59 Å². The summed E-state index contributed by atoms with van der Waals surface area (Å²) in [7, 11) is 3.17. The molecule has 1 fully saturated rings. The average molecular weight is 421 g/mol. The number of carbonyl (C=O) groups excluding carboxylic acids is 2. The van der Waals surface area contributed by atoms with Gasteiger partial charge >= 0.3 is 0 Å². The van der Waals surface area contributed by atoms with Crippen LogP contribution in [-0.2, 0) is 4.79 Å². The second kappa shape index (κ2) is 8.46. The Morgan fingerprint density at radius 3 is 2.52 bits per heavy atom. The zero-order valence-corrected chi connectivity index (χ0v) is 18.1. The van der Waals surface area contributed by atoms with Crippen molar-refractivity contribution >= 4 is 17.8 Å². The Morgan fingerprint density at radius 2 is 1.81 bits per heavy atom. The molecular formula is C25H27NO5. The molecule has 4 rings (SSSR count). The number of rotatable bonds is 4. The Bertz CT molecular complexity index is 1030. The molecule has 0 radical (unpaired) electrons. The van der Waals surface area contributed by atoms with Gasteiger partial charge in [-0.2, -0.15) is 0 Å². The van der Waals surface area contributed by atoms with Crippen LogP contribution in [0, 0.1) is 6.92 Å². The van der Waals surface area contributed by atoms with Crippen molar-refractivity contribution in [1.29, 1.82) is 0 Å². The van der Waals surface area contributed by atoms with Crippen molar-refractivity contribution in [1.82, 2.24) is 4.90 Å². The van der Waals surface area contributed by atoms with Gasteiger partial charge in [0.05, 0.1) is 26.2 Å². The number of methoxy groups -OCH3 is 2. The van der Waals surface area contributed by atoms with E-state index >= 15 is 0 Å². The Hall–Kier alpha value is -3.28. The van der Waals surface area contributed by atoms with Crippen molar-refractivity contribution in [2.45, 2.75) is 31.8 Å². The van der Waals surface area contributed by atoms with E-state index in [2.05, 4.69) is 0 Å². The molecule has 2 aromatic carbocycles. The number of Topliss-reactive ketones (excluding diaryl/α,β-unsaturated/α-hetero) is 1. The minimum Gasteiger partial charge on any atom is -0.493 e. The second-order valence-electron chi connectivity index (χ2n) is 8.16. The fourth-order valence-electron chi connectivity index (χ4n) is 4.25. The second-order valence-corrected chi connectivity index (χ2v) is 8.16. The first-order chi connectivity index (χ1) is 14.9. The third-order valence-corrected chi connectivity index (χ3v) is 6.06. The summed E-state index contributed by atoms with van der Waals surface area (Å²) in [5.74, 6) is 1.99. The number of hydrogen-bond donors (Lipinski definition) is 0. The highest BCUT2D eigenvalue weighted by molar-refractivity contribution is 6.00. The molecule has 0 aliphatic carbocycles. The number of nitrogens with zero attached hydrogens (tertiary/aromatic N) is 1. The van der Waals surface area contributed by atoms with Gasteiger partial charge < -0.3 is 19.1 Å². The molecule has 1 saturated heterocycles. The molecule has 0 N–H and O–H groups in total. The van der Waals surface area contributed by atoms with Crippen molar-refractivity contribution in [2.75, 3.05) is 27.3 Å². The van der Waals surface area contributed by atoms with Crippen molar-refractivity contribution in [2.24, 2.45) is 0 Å². The van der Waals surface area contributed by atoms with Crippen LogP contribution < -0.4 is 14.2 Å². The highest BCUT2D eigenvalue weighted by Gasteiger charge is 2.43. The first kappa shape index (κ1) is 21.0. The summed E-state index contributed by atoms with van der Waals surface area (Å²) in [6.45, 7) is 3.09. The molecule has 2 aliphatic rings. The van der Waals surface area contributed by atoms with Gasteiger partial charge in [-0.25, -0.2) is 0 Å². The summed E-state index contributed by atoms with van der Waals surface area (Å²) >= 11 is 0. The largest absolute Gasteiger partial charge is 0.493 e. The molecule has 1 amide bonds. The smallest absolute Gasteiger partial charge is 0.246 e. The summed E-state index contributed by atoms with van der Waals surface area (Å²) in [5, 5.41) is 0. The van der Waals surface area contributed by atoms with E-state index in [1.807, 2.05) is 43.3 Å². The fraction of sp³-hybridized carbons (Fsp3) is 0.360. The van der Waals surface area contributed by atoms with Gasteiger partial charge in [0.25, 0.3) is 0 Å². The van der Waals surface area contributed by atoms with E-state index in [1.54, 1.807) is 31.3 Å². The zero-order chi connectivity index (χ0) is 22.0. The molecule has 2 heterocycles. The number of amides is 1. The van der Waals surface area contributed by atoms with Crippen LogP contribution in [0.5, 0.6) is 17.2 Å². The van der Waals surface area contributed by atoms with E-state index in [0.717, 1.165) is 11.1 Å². The number of aryl methyl sites for hydroxylation is 1. The lowest BCUT2D eigenvalue weighted by Crippen LogP contribution is -2.52. The normalized spacial score (nSPS) is 17.4. The predicted molar refractivity (Wildman–Crippen MR) is 118 cm³/mol. The quantitative estimate of drug-likeness (QED) is 0.697. The van der Waals surface area contributed by atoms with Gasteiger partial charge in [0.2, 0.25) is 5.91 Å². The molecule has 162 valence electrons. The van der Waals surface area contributed by atoms with Gasteiger partial charge in [-0.1, -0.05) is 17.7 Å². The van der Waals surface area contributed by atoms with Gasteiger partial charge in [0, 0.05) is 32.0 Å². The number of benzene rings is 2. The Morgan fingerprint density at radius 1 is 1.06 bits per heavy atom. The standard InChI is InChI=1S/C25H27NO5/c1-17-4-7-21-19(14-17)20(27)16-25(31-21)10-12-26(13-11-25)24(28)9-6-18-5-8-22(29-2)23(15-18)30-3/h4-9,14-15H,10-13,16H2,1-3H3/b9-6+. The lowest BCUT2D eigenvalue weighted by molar-refractivity contribution is -0.129. The summed E-state index contributed by atoms with van der Waals surface area (Å²) in [6.07, 6.45) is 5.00. The molecular weight excluding hydrogens is 394 g/mol. The molecule has 2 aromatic rings. The van der Waals surface area contributed by atoms with E-state index in [-0.39, 0.29) is 11.7 Å². The zero-order valence-electron chi connectivity index (χ0n) is 18.1. The van der Waals surface area contributed by atoms with Crippen molar-refractivity contribution in [3.8, 4) is 17.2 Å². The molecule has 2 aliphatic heterocycles. The average Bonchev–Trinajstić information content (AvgIpc) is 2.78. The van der Waals surface area contributed by atoms with Crippen LogP contribution in [0.1, 0.15) is 40.7 Å². The molecule has 6 heteroatoms. The maximum absolute atomic E-state index is 12.7. The highest BCUT2D eigenvalue weighted by atomic mass is 16.5. The maximum Gasteiger partial charge on any atom is 0.246 e. The topological polar surface area (TPSA) is 65.1 Å². The van der Waals surface area contributed by atoms with Crippen LogP contribution in [0.4, 0.5) is 0 Å². The Balaban J connectivity index is 1.40. The fourth-order valence-corrected chi connectivity index (χ4v) is 4.25. The van der Waals surface area contributed by atoms with E-state index in [4.69, 9.17) is 14.2 Å². The maximum atomic E-state index is 12.7. The van der Waals surface area contributed by atoms with Crippen molar-refractivity contribution < 1.29 is 23.8 Å². The molecule has 0 aromatic heterocycles. The molecule has 6 nitrogen and oxygen atoms in total. The van der Waals surface area contributed by atoms with Crippen molar-refractivity contribution in [3.63, 3.8) is 0 Å². The third-order valence-electron chi connectivity index (χ3n) is 6.06. The molecule has 0 bridgehead atoms. The van der Waals surface area contributed by atoms with Gasteiger partial charge in [0.15, 0.2) is 17.3 Å². The van der Waals surface area contributed by atoms with E-state index < -0.39 is 5.60 Å². The molecule has 31 heavy (non-hydrogen) atoms. The number of ketones is 1. The van der Waals surface area contributed by atoms with E-state index in [9.17, 15) is 9.59 Å². The highest BCUT2D eigenvalue weighted by Crippen LogP contribution is 2.39. The molecule has 0 unspecified atom stereocenters. The van der Waals surface area contributed by atoms with Crippen LogP contribution in [0.3, 0.4) is 0 Å². The molecule has 0 saturated carbocycles. The van der Waals surface area contributed by atoms with Gasteiger partial charge in [0.1, 0.15) is 11.4 Å². The third kappa shape index (κ3) is 4.29. The number of carbonyl (C=O) groups is 2. The van der Waals surface area contributed by atoms with E-state index in [0.29, 0.717) is 55.2 Å². The van der Waals surface area contributed by atoms with Crippen molar-refractivity contribution in [3.05, 3.63) is 59.2 Å². The monoisotopic (exact) mass is 421 g/mol. The lowest BCUT2D eigenvalue weighted by Gasteiger charge is -2.43. The van der Waals surface area contributed by atoms with Crippen LogP contribution >= 0.6 is 0 Å². The van der Waals surface area contributed by atoms with Gasteiger partial charge in [-0.15, -0.1) is 0 Å². The lowest BCUT2D eigenvalue weighted by atomic mass is 9.82. The summed E-state index contributed by atoms with van der Waals surface area (Å²) < 4.78 is 16.8. The minimum absolute atomic E-state index is 0.0530. The number of ether oxygens (including phenoxy) is 3. The van der Waals surface area contributed by atoms with Crippen LogP contribution in [0.15, 0.2) is 42.5 Å². The van der Waals surface area contributed by atoms with E-state index in [1.165, 1.54) is 0 Å². The summed E-state index contributed by atoms with van der Waals surface area (Å²) in [6, 6.07) is 11.2. The van der Waals surface area contributed by atoms with Crippen LogP contribution in [-0.4, -0.2) is 49.5 Å². The van der Waals surface area contributed by atoms with Crippen LogP contribution in [0.2, 0.25) is 0 Å². The number of hydrogen-bond acceptors (Lipinski definition) is 5. The Kier molecular flexibility index (Phi) is 5.72. The minimum atomic E-state index is -0.511. The van der Waals surface area contributed by atoms with Gasteiger partial charge in [-0.05, 0) is 42.8 Å². The first-order valence-corrected chi connectivity index (χ1v) is 10.4. The SMILES string of the molecule is COc1ccc(/C=C/C(=O)N2CCC3(CC2)CC(=O)c2cc(C)ccc2O3)cc1OC. The summed E-state index contributed by atoms with van der Waals surface area (Å²) in [4.78, 5) is 27.2. The predicted octanol–water partition coefficient (Wildman–Crippen LogP) is 4.05. The summed E-state index contributed by atoms with van der Waals surface area (Å²) in [5.41, 5.74) is 2.06. The first-order valence-electron chi connectivity index (χ1n) is 10.4.